The molecule has 0 fully saturated rings. The number of benzene rings is 1. The van der Waals surface area contributed by atoms with Gasteiger partial charge in [0.05, 0.1) is 21.5 Å². The molecule has 114 valence electrons. The van der Waals surface area contributed by atoms with Crippen molar-refractivity contribution in [2.75, 3.05) is 13.2 Å². The minimum Gasteiger partial charge on any atom is -0.492 e. The van der Waals surface area contributed by atoms with Gasteiger partial charge in [-0.05, 0) is 58.7 Å². The first kappa shape index (κ1) is 16.8. The van der Waals surface area contributed by atoms with Crippen LogP contribution in [0.1, 0.15) is 36.8 Å². The average Bonchev–Trinajstić information content (AvgIpc) is 2.90. The molecular formula is C16H19BrClNOS. The summed E-state index contributed by atoms with van der Waals surface area (Å²) in [7, 11) is 0. The predicted molar refractivity (Wildman–Crippen MR) is 94.8 cm³/mol. The molecule has 0 radical (unpaired) electrons. The van der Waals surface area contributed by atoms with Crippen molar-refractivity contribution in [3.8, 4) is 5.75 Å². The Hall–Kier alpha value is -0.550. The number of ether oxygens (including phenoxy) is 1. The van der Waals surface area contributed by atoms with Crippen molar-refractivity contribution >= 4 is 38.9 Å². The maximum atomic E-state index is 6.07. The third-order valence-corrected chi connectivity index (χ3v) is 4.95. The Bertz CT molecular complexity index is 587. The SMILES string of the molecule is CCCOc1ccc(C(NCC)c2ccc(Cl)s2)cc1Br. The maximum absolute atomic E-state index is 6.07. The highest BCUT2D eigenvalue weighted by atomic mass is 79.9. The van der Waals surface area contributed by atoms with Crippen LogP contribution in [0.25, 0.3) is 0 Å². The molecule has 1 aromatic heterocycles. The van der Waals surface area contributed by atoms with Gasteiger partial charge in [0.15, 0.2) is 0 Å². The summed E-state index contributed by atoms with van der Waals surface area (Å²) in [5, 5.41) is 3.51. The second kappa shape index (κ2) is 8.18. The molecule has 21 heavy (non-hydrogen) atoms. The Morgan fingerprint density at radius 3 is 2.67 bits per heavy atom. The number of halogens is 2. The van der Waals surface area contributed by atoms with E-state index in [1.807, 2.05) is 12.1 Å². The fourth-order valence-corrected chi connectivity index (χ4v) is 3.77. The van der Waals surface area contributed by atoms with Crippen LogP contribution in [0.2, 0.25) is 4.34 Å². The number of nitrogens with one attached hydrogen (secondary N) is 1. The van der Waals surface area contributed by atoms with Crippen LogP contribution >= 0.6 is 38.9 Å². The molecule has 0 aliphatic carbocycles. The Labute approximate surface area is 143 Å². The quantitative estimate of drug-likeness (QED) is 0.661. The lowest BCUT2D eigenvalue weighted by molar-refractivity contribution is 0.315. The van der Waals surface area contributed by atoms with Gasteiger partial charge in [-0.2, -0.15) is 0 Å². The molecule has 1 atom stereocenters. The fourth-order valence-electron chi connectivity index (χ4n) is 2.10. The highest BCUT2D eigenvalue weighted by Gasteiger charge is 2.16. The Kier molecular flexibility index (Phi) is 6.55. The van der Waals surface area contributed by atoms with Crippen LogP contribution in [0, 0.1) is 0 Å². The third-order valence-electron chi connectivity index (χ3n) is 3.04. The molecule has 0 bridgehead atoms. The van der Waals surface area contributed by atoms with Crippen LogP contribution in [0.15, 0.2) is 34.8 Å². The molecular weight excluding hydrogens is 370 g/mol. The zero-order chi connectivity index (χ0) is 15.2. The van der Waals surface area contributed by atoms with Crippen molar-refractivity contribution in [1.29, 1.82) is 0 Å². The molecule has 1 N–H and O–H groups in total. The van der Waals surface area contributed by atoms with Crippen LogP contribution in [-0.2, 0) is 0 Å². The van der Waals surface area contributed by atoms with Crippen molar-refractivity contribution in [1.82, 2.24) is 5.32 Å². The van der Waals surface area contributed by atoms with E-state index in [2.05, 4.69) is 53.3 Å². The normalized spacial score (nSPS) is 12.4. The zero-order valence-electron chi connectivity index (χ0n) is 12.2. The number of hydrogen-bond acceptors (Lipinski definition) is 3. The van der Waals surface area contributed by atoms with E-state index in [0.29, 0.717) is 0 Å². The van der Waals surface area contributed by atoms with E-state index in [1.165, 1.54) is 10.4 Å². The molecule has 0 saturated heterocycles. The average molecular weight is 389 g/mol. The van der Waals surface area contributed by atoms with E-state index in [9.17, 15) is 0 Å². The van der Waals surface area contributed by atoms with Crippen molar-refractivity contribution in [2.24, 2.45) is 0 Å². The van der Waals surface area contributed by atoms with Gasteiger partial charge in [0.1, 0.15) is 5.75 Å². The predicted octanol–water partition coefficient (Wildman–Crippen LogP) is 5.65. The van der Waals surface area contributed by atoms with Gasteiger partial charge in [0.2, 0.25) is 0 Å². The van der Waals surface area contributed by atoms with E-state index in [1.54, 1.807) is 11.3 Å². The smallest absolute Gasteiger partial charge is 0.133 e. The first-order valence-electron chi connectivity index (χ1n) is 7.06. The van der Waals surface area contributed by atoms with Crippen LogP contribution in [0.3, 0.4) is 0 Å². The largest absolute Gasteiger partial charge is 0.492 e. The van der Waals surface area contributed by atoms with Crippen LogP contribution in [0.4, 0.5) is 0 Å². The minimum atomic E-state index is 0.157. The van der Waals surface area contributed by atoms with E-state index < -0.39 is 0 Å². The lowest BCUT2D eigenvalue weighted by Crippen LogP contribution is -2.21. The van der Waals surface area contributed by atoms with Gasteiger partial charge in [-0.25, -0.2) is 0 Å². The summed E-state index contributed by atoms with van der Waals surface area (Å²) in [4.78, 5) is 1.22. The Morgan fingerprint density at radius 2 is 2.10 bits per heavy atom. The summed E-state index contributed by atoms with van der Waals surface area (Å²) >= 11 is 11.3. The highest BCUT2D eigenvalue weighted by Crippen LogP contribution is 2.34. The topological polar surface area (TPSA) is 21.3 Å². The summed E-state index contributed by atoms with van der Waals surface area (Å²) in [5.41, 5.74) is 1.20. The van der Waals surface area contributed by atoms with Crippen LogP contribution in [0.5, 0.6) is 5.75 Å². The lowest BCUT2D eigenvalue weighted by atomic mass is 10.1. The summed E-state index contributed by atoms with van der Waals surface area (Å²) in [6.07, 6.45) is 1.00. The molecule has 0 aliphatic rings. The first-order chi connectivity index (χ1) is 10.2. The van der Waals surface area contributed by atoms with Gasteiger partial charge in [-0.1, -0.05) is 31.5 Å². The second-order valence-corrected chi connectivity index (χ2v) is 7.27. The minimum absolute atomic E-state index is 0.157. The molecule has 2 nitrogen and oxygen atoms in total. The first-order valence-corrected chi connectivity index (χ1v) is 9.05. The molecule has 5 heteroatoms. The van der Waals surface area contributed by atoms with E-state index in [0.717, 1.165) is 34.1 Å². The van der Waals surface area contributed by atoms with Gasteiger partial charge < -0.3 is 10.1 Å². The molecule has 0 spiro atoms. The van der Waals surface area contributed by atoms with Crippen molar-refractivity contribution < 1.29 is 4.74 Å². The zero-order valence-corrected chi connectivity index (χ0v) is 15.3. The van der Waals surface area contributed by atoms with E-state index in [4.69, 9.17) is 16.3 Å². The molecule has 2 rings (SSSR count). The summed E-state index contributed by atoms with van der Waals surface area (Å²) in [5.74, 6) is 0.889. The molecule has 1 heterocycles. The fraction of sp³-hybridized carbons (Fsp3) is 0.375. The maximum Gasteiger partial charge on any atom is 0.133 e. The van der Waals surface area contributed by atoms with Crippen LogP contribution < -0.4 is 10.1 Å². The number of thiophene rings is 1. The summed E-state index contributed by atoms with van der Waals surface area (Å²) < 4.78 is 7.50. The standard InChI is InChI=1S/C16H19BrClNOS/c1-3-9-20-13-6-5-11(10-12(13)17)16(19-4-2)14-7-8-15(18)21-14/h5-8,10,16,19H,3-4,9H2,1-2H3. The molecule has 0 aliphatic heterocycles. The Morgan fingerprint density at radius 1 is 1.29 bits per heavy atom. The molecule has 1 aromatic carbocycles. The molecule has 2 aromatic rings. The van der Waals surface area contributed by atoms with Crippen LogP contribution in [-0.4, -0.2) is 13.2 Å². The van der Waals surface area contributed by atoms with Crippen molar-refractivity contribution in [2.45, 2.75) is 26.3 Å². The van der Waals surface area contributed by atoms with Gasteiger partial charge in [0, 0.05) is 4.88 Å². The lowest BCUT2D eigenvalue weighted by Gasteiger charge is -2.18. The van der Waals surface area contributed by atoms with Gasteiger partial charge in [-0.15, -0.1) is 11.3 Å². The monoisotopic (exact) mass is 387 g/mol. The molecule has 0 saturated carbocycles. The van der Waals surface area contributed by atoms with Crippen molar-refractivity contribution in [3.63, 3.8) is 0 Å². The number of rotatable bonds is 7. The molecule has 0 amide bonds. The molecule has 1 unspecified atom stereocenters. The summed E-state index contributed by atoms with van der Waals surface area (Å²) in [6, 6.07) is 10.4. The second-order valence-electron chi connectivity index (χ2n) is 4.67. The van der Waals surface area contributed by atoms with Crippen molar-refractivity contribution in [3.05, 3.63) is 49.6 Å². The van der Waals surface area contributed by atoms with Gasteiger partial charge >= 0.3 is 0 Å². The summed E-state index contributed by atoms with van der Waals surface area (Å²) in [6.45, 7) is 5.83. The number of hydrogen-bond donors (Lipinski definition) is 1. The van der Waals surface area contributed by atoms with Gasteiger partial charge in [-0.3, -0.25) is 0 Å². The Balaban J connectivity index is 2.26. The third kappa shape index (κ3) is 4.46. The highest BCUT2D eigenvalue weighted by molar-refractivity contribution is 9.10. The van der Waals surface area contributed by atoms with E-state index in [-0.39, 0.29) is 6.04 Å². The van der Waals surface area contributed by atoms with Gasteiger partial charge in [0.25, 0.3) is 0 Å². The van der Waals surface area contributed by atoms with E-state index >= 15 is 0 Å².